The van der Waals surface area contributed by atoms with E-state index >= 15 is 0 Å². The number of halogens is 1. The lowest BCUT2D eigenvalue weighted by Gasteiger charge is -2.08. The molecular weight excluding hydrogens is 364 g/mol. The molecule has 0 atom stereocenters. The van der Waals surface area contributed by atoms with Crippen LogP contribution in [0.4, 0.5) is 5.69 Å². The van der Waals surface area contributed by atoms with Gasteiger partial charge < -0.3 is 9.72 Å². The van der Waals surface area contributed by atoms with Crippen LogP contribution in [-0.2, 0) is 0 Å². The fourth-order valence-electron chi connectivity index (χ4n) is 2.43. The van der Waals surface area contributed by atoms with Gasteiger partial charge >= 0.3 is 5.69 Å². The van der Waals surface area contributed by atoms with Gasteiger partial charge in [-0.3, -0.25) is 14.9 Å². The van der Waals surface area contributed by atoms with Gasteiger partial charge in [0, 0.05) is 10.0 Å². The Balaban J connectivity index is 2.39. The number of nitro groups is 1. The lowest BCUT2D eigenvalue weighted by Crippen LogP contribution is -2.10. The minimum Gasteiger partial charge on any atom is -0.497 e. The van der Waals surface area contributed by atoms with Crippen molar-refractivity contribution in [1.29, 1.82) is 0 Å². The normalized spacial score (nSPS) is 10.7. The van der Waals surface area contributed by atoms with Crippen LogP contribution < -0.4 is 10.3 Å². The SMILES string of the molecule is COc1ccc2c([N+](=O)[O-])c(-c3ccc(Br)cc3)[nH]c(=O)c2c1. The van der Waals surface area contributed by atoms with Gasteiger partial charge in [-0.1, -0.05) is 28.1 Å². The molecule has 0 saturated heterocycles. The summed E-state index contributed by atoms with van der Waals surface area (Å²) in [7, 11) is 1.47. The van der Waals surface area contributed by atoms with Crippen LogP contribution in [0.2, 0.25) is 0 Å². The average molecular weight is 375 g/mol. The number of ether oxygens (including phenoxy) is 1. The van der Waals surface area contributed by atoms with Crippen molar-refractivity contribution in [2.45, 2.75) is 0 Å². The second kappa shape index (κ2) is 5.85. The summed E-state index contributed by atoms with van der Waals surface area (Å²) < 4.78 is 5.92. The molecule has 1 heterocycles. The van der Waals surface area contributed by atoms with Crippen LogP contribution in [0.15, 0.2) is 51.7 Å². The molecule has 6 nitrogen and oxygen atoms in total. The lowest BCUT2D eigenvalue weighted by molar-refractivity contribution is -0.382. The third-order valence-corrected chi connectivity index (χ3v) is 4.05. The Hall–Kier alpha value is -2.67. The van der Waals surface area contributed by atoms with E-state index in [0.717, 1.165) is 4.47 Å². The first kappa shape index (κ1) is 15.2. The first-order valence-electron chi connectivity index (χ1n) is 6.65. The van der Waals surface area contributed by atoms with Gasteiger partial charge in [0.15, 0.2) is 0 Å². The Morgan fingerprint density at radius 3 is 2.43 bits per heavy atom. The molecule has 0 aliphatic carbocycles. The first-order chi connectivity index (χ1) is 11.0. The van der Waals surface area contributed by atoms with E-state index < -0.39 is 10.5 Å². The van der Waals surface area contributed by atoms with Gasteiger partial charge in [-0.15, -0.1) is 0 Å². The summed E-state index contributed by atoms with van der Waals surface area (Å²) in [6.07, 6.45) is 0. The number of aromatic amines is 1. The molecule has 7 heteroatoms. The van der Waals surface area contributed by atoms with E-state index in [2.05, 4.69) is 20.9 Å². The predicted molar refractivity (Wildman–Crippen MR) is 90.9 cm³/mol. The van der Waals surface area contributed by atoms with Crippen LogP contribution >= 0.6 is 15.9 Å². The molecule has 3 aromatic rings. The van der Waals surface area contributed by atoms with Gasteiger partial charge in [-0.2, -0.15) is 0 Å². The fraction of sp³-hybridized carbons (Fsp3) is 0.0625. The standard InChI is InChI=1S/C16H11BrN2O4/c1-23-11-6-7-12-13(8-11)16(20)18-14(15(12)19(21)22)9-2-4-10(17)5-3-9/h2-8H,1H3,(H,18,20). The molecule has 0 spiro atoms. The zero-order chi connectivity index (χ0) is 16.6. The van der Waals surface area contributed by atoms with Crippen LogP contribution in [0.25, 0.3) is 22.0 Å². The molecule has 0 saturated carbocycles. The number of nitrogens with one attached hydrogen (secondary N) is 1. The Kier molecular flexibility index (Phi) is 3.87. The fourth-order valence-corrected chi connectivity index (χ4v) is 2.70. The highest BCUT2D eigenvalue weighted by molar-refractivity contribution is 9.10. The summed E-state index contributed by atoms with van der Waals surface area (Å²) in [6, 6.07) is 11.6. The molecule has 0 aliphatic rings. The van der Waals surface area contributed by atoms with Crippen LogP contribution in [0.3, 0.4) is 0 Å². The zero-order valence-corrected chi connectivity index (χ0v) is 13.6. The number of hydrogen-bond acceptors (Lipinski definition) is 4. The number of H-pyrrole nitrogens is 1. The van der Waals surface area contributed by atoms with Gasteiger partial charge in [0.05, 0.1) is 22.8 Å². The van der Waals surface area contributed by atoms with E-state index in [9.17, 15) is 14.9 Å². The smallest absolute Gasteiger partial charge is 0.301 e. The van der Waals surface area contributed by atoms with Crippen molar-refractivity contribution in [3.05, 3.63) is 67.4 Å². The largest absolute Gasteiger partial charge is 0.497 e. The maximum atomic E-state index is 12.3. The topological polar surface area (TPSA) is 85.2 Å². The monoisotopic (exact) mass is 374 g/mol. The maximum absolute atomic E-state index is 12.3. The number of benzene rings is 2. The molecule has 1 N–H and O–H groups in total. The highest BCUT2D eigenvalue weighted by Gasteiger charge is 2.22. The predicted octanol–water partition coefficient (Wildman–Crippen LogP) is 3.87. The van der Waals surface area contributed by atoms with E-state index in [1.54, 1.807) is 30.3 Å². The Morgan fingerprint density at radius 2 is 1.83 bits per heavy atom. The van der Waals surface area contributed by atoms with Crippen LogP contribution in [-0.4, -0.2) is 17.0 Å². The van der Waals surface area contributed by atoms with E-state index in [-0.39, 0.29) is 22.2 Å². The van der Waals surface area contributed by atoms with Crippen molar-refractivity contribution < 1.29 is 9.66 Å². The number of rotatable bonds is 3. The van der Waals surface area contributed by atoms with Gasteiger partial charge in [-0.05, 0) is 30.3 Å². The number of aromatic nitrogens is 1. The van der Waals surface area contributed by atoms with Crippen molar-refractivity contribution in [1.82, 2.24) is 4.98 Å². The van der Waals surface area contributed by atoms with Crippen molar-refractivity contribution in [2.24, 2.45) is 0 Å². The first-order valence-corrected chi connectivity index (χ1v) is 7.45. The highest BCUT2D eigenvalue weighted by atomic mass is 79.9. The second-order valence-corrected chi connectivity index (χ2v) is 5.77. The molecule has 0 fully saturated rings. The number of fused-ring (bicyclic) bond motifs is 1. The molecule has 0 aliphatic heterocycles. The quantitative estimate of drug-likeness (QED) is 0.556. The molecule has 0 amide bonds. The molecule has 23 heavy (non-hydrogen) atoms. The summed E-state index contributed by atoms with van der Waals surface area (Å²) in [5.41, 5.74) is 0.215. The van der Waals surface area contributed by atoms with Crippen LogP contribution in [0, 0.1) is 10.1 Å². The molecule has 0 radical (unpaired) electrons. The van der Waals surface area contributed by atoms with E-state index in [1.807, 2.05) is 0 Å². The molecule has 0 unspecified atom stereocenters. The second-order valence-electron chi connectivity index (χ2n) is 4.85. The summed E-state index contributed by atoms with van der Waals surface area (Å²) >= 11 is 3.32. The lowest BCUT2D eigenvalue weighted by atomic mass is 10.0. The summed E-state index contributed by atoms with van der Waals surface area (Å²) in [6.45, 7) is 0. The average Bonchev–Trinajstić information content (AvgIpc) is 2.54. The Morgan fingerprint density at radius 1 is 1.13 bits per heavy atom. The number of pyridine rings is 1. The number of methoxy groups -OCH3 is 1. The van der Waals surface area contributed by atoms with E-state index in [0.29, 0.717) is 11.3 Å². The molecule has 116 valence electrons. The van der Waals surface area contributed by atoms with Crippen LogP contribution in [0.1, 0.15) is 0 Å². The third-order valence-electron chi connectivity index (χ3n) is 3.52. The summed E-state index contributed by atoms with van der Waals surface area (Å²) in [4.78, 5) is 26.1. The van der Waals surface area contributed by atoms with Crippen molar-refractivity contribution in [2.75, 3.05) is 7.11 Å². The van der Waals surface area contributed by atoms with Gasteiger partial charge in [-0.25, -0.2) is 0 Å². The van der Waals surface area contributed by atoms with Gasteiger partial charge in [0.2, 0.25) is 0 Å². The molecular formula is C16H11BrN2O4. The highest BCUT2D eigenvalue weighted by Crippen LogP contribution is 2.34. The van der Waals surface area contributed by atoms with Gasteiger partial charge in [0.1, 0.15) is 11.4 Å². The minimum absolute atomic E-state index is 0.135. The number of hydrogen-bond donors (Lipinski definition) is 1. The Labute approximate surface area is 139 Å². The van der Waals surface area contributed by atoms with E-state index in [4.69, 9.17) is 4.74 Å². The van der Waals surface area contributed by atoms with Crippen LogP contribution in [0.5, 0.6) is 5.75 Å². The van der Waals surface area contributed by atoms with Crippen molar-refractivity contribution in [3.63, 3.8) is 0 Å². The zero-order valence-electron chi connectivity index (χ0n) is 12.0. The van der Waals surface area contributed by atoms with E-state index in [1.165, 1.54) is 19.2 Å². The van der Waals surface area contributed by atoms with Gasteiger partial charge in [0.25, 0.3) is 5.56 Å². The minimum atomic E-state index is -0.484. The number of nitrogens with zero attached hydrogens (tertiary/aromatic N) is 1. The molecule has 0 bridgehead atoms. The molecule has 1 aromatic heterocycles. The van der Waals surface area contributed by atoms with Crippen molar-refractivity contribution in [3.8, 4) is 17.0 Å². The Bertz CT molecular complexity index is 964. The summed E-state index contributed by atoms with van der Waals surface area (Å²) in [5.74, 6) is 0.466. The summed E-state index contributed by atoms with van der Waals surface area (Å²) in [5, 5.41) is 12.1. The maximum Gasteiger partial charge on any atom is 0.301 e. The van der Waals surface area contributed by atoms with Crippen molar-refractivity contribution >= 4 is 32.4 Å². The molecule has 2 aromatic carbocycles. The third kappa shape index (κ3) is 2.70. The molecule has 3 rings (SSSR count).